The summed E-state index contributed by atoms with van der Waals surface area (Å²) in [5.41, 5.74) is 0.646. The molecule has 5 heteroatoms. The van der Waals surface area contributed by atoms with Crippen LogP contribution in [0.4, 0.5) is 0 Å². The number of hydrogen-bond acceptors (Lipinski definition) is 4. The third-order valence-corrected chi connectivity index (χ3v) is 3.57. The number of aromatic nitrogens is 2. The summed E-state index contributed by atoms with van der Waals surface area (Å²) in [6, 6.07) is 1.71. The van der Waals surface area contributed by atoms with Crippen molar-refractivity contribution in [3.8, 4) is 0 Å². The van der Waals surface area contributed by atoms with Crippen molar-refractivity contribution >= 4 is 5.97 Å². The first-order valence-electron chi connectivity index (χ1n) is 6.33. The quantitative estimate of drug-likeness (QED) is 0.850. The van der Waals surface area contributed by atoms with Crippen LogP contribution in [0.3, 0.4) is 0 Å². The summed E-state index contributed by atoms with van der Waals surface area (Å²) in [4.78, 5) is 19.2. The molecule has 0 unspecified atom stereocenters. The van der Waals surface area contributed by atoms with E-state index in [0.29, 0.717) is 17.5 Å². The van der Waals surface area contributed by atoms with Gasteiger partial charge in [0.25, 0.3) is 0 Å². The lowest BCUT2D eigenvalue weighted by Gasteiger charge is -2.26. The van der Waals surface area contributed by atoms with Crippen LogP contribution in [0, 0.1) is 5.92 Å². The molecule has 0 aliphatic heterocycles. The highest BCUT2D eigenvalue weighted by atomic mass is 16.4. The van der Waals surface area contributed by atoms with Crippen molar-refractivity contribution in [1.29, 1.82) is 0 Å². The standard InChI is InChI=1S/C13H18N2O3/c16-8-11-5-6-14-13(15-11)10-3-1-9(2-4-10)7-12(17)18/h5-6,9-10,16H,1-4,7-8H2,(H,17,18)/t9-,10+. The zero-order chi connectivity index (χ0) is 13.0. The van der Waals surface area contributed by atoms with Gasteiger partial charge in [-0.3, -0.25) is 4.79 Å². The molecule has 0 atom stereocenters. The molecule has 0 radical (unpaired) electrons. The number of aliphatic carboxylic acids is 1. The normalized spacial score (nSPS) is 23.8. The fourth-order valence-electron chi connectivity index (χ4n) is 2.57. The Labute approximate surface area is 106 Å². The number of carbonyl (C=O) groups is 1. The van der Waals surface area contributed by atoms with Crippen molar-refractivity contribution in [2.75, 3.05) is 0 Å². The molecule has 2 rings (SSSR count). The van der Waals surface area contributed by atoms with Crippen LogP contribution >= 0.6 is 0 Å². The average molecular weight is 250 g/mol. The first kappa shape index (κ1) is 13.0. The lowest BCUT2D eigenvalue weighted by Crippen LogP contribution is -2.18. The van der Waals surface area contributed by atoms with E-state index in [4.69, 9.17) is 10.2 Å². The molecule has 1 aromatic heterocycles. The smallest absolute Gasteiger partial charge is 0.303 e. The van der Waals surface area contributed by atoms with Gasteiger partial charge in [0.15, 0.2) is 0 Å². The van der Waals surface area contributed by atoms with E-state index >= 15 is 0 Å². The molecule has 1 saturated carbocycles. The van der Waals surface area contributed by atoms with Crippen LogP contribution in [0.2, 0.25) is 0 Å². The number of nitrogens with zero attached hydrogens (tertiary/aromatic N) is 2. The van der Waals surface area contributed by atoms with Gasteiger partial charge in [-0.05, 0) is 37.7 Å². The minimum atomic E-state index is -0.711. The van der Waals surface area contributed by atoms with E-state index in [1.807, 2.05) is 0 Å². The molecule has 98 valence electrons. The van der Waals surface area contributed by atoms with E-state index in [1.165, 1.54) is 0 Å². The molecule has 1 aromatic rings. The van der Waals surface area contributed by atoms with Gasteiger partial charge in [0, 0.05) is 18.5 Å². The largest absolute Gasteiger partial charge is 0.481 e. The molecule has 1 fully saturated rings. The first-order valence-corrected chi connectivity index (χ1v) is 6.33. The fourth-order valence-corrected chi connectivity index (χ4v) is 2.57. The Morgan fingerprint density at radius 2 is 2.06 bits per heavy atom. The summed E-state index contributed by atoms with van der Waals surface area (Å²) in [6.07, 6.45) is 5.66. The minimum Gasteiger partial charge on any atom is -0.481 e. The lowest BCUT2D eigenvalue weighted by atomic mass is 9.80. The van der Waals surface area contributed by atoms with E-state index in [2.05, 4.69) is 9.97 Å². The van der Waals surface area contributed by atoms with E-state index in [1.54, 1.807) is 12.3 Å². The monoisotopic (exact) mass is 250 g/mol. The second-order valence-corrected chi connectivity index (χ2v) is 4.88. The molecule has 1 heterocycles. The summed E-state index contributed by atoms with van der Waals surface area (Å²) in [6.45, 7) is -0.0656. The Morgan fingerprint density at radius 1 is 1.33 bits per heavy atom. The highest BCUT2D eigenvalue weighted by molar-refractivity contribution is 5.67. The van der Waals surface area contributed by atoms with Crippen molar-refractivity contribution in [1.82, 2.24) is 9.97 Å². The SMILES string of the molecule is O=C(O)C[C@H]1CC[C@@H](c2nccc(CO)n2)CC1. The zero-order valence-corrected chi connectivity index (χ0v) is 10.2. The molecule has 1 aliphatic rings. The van der Waals surface area contributed by atoms with Gasteiger partial charge in [-0.1, -0.05) is 0 Å². The van der Waals surface area contributed by atoms with Gasteiger partial charge >= 0.3 is 5.97 Å². The van der Waals surface area contributed by atoms with Crippen molar-refractivity contribution < 1.29 is 15.0 Å². The van der Waals surface area contributed by atoms with Crippen LogP contribution < -0.4 is 0 Å². The van der Waals surface area contributed by atoms with E-state index in [-0.39, 0.29) is 13.0 Å². The molecule has 0 spiro atoms. The molecule has 0 saturated heterocycles. The van der Waals surface area contributed by atoms with Crippen LogP contribution in [-0.2, 0) is 11.4 Å². The molecule has 0 amide bonds. The summed E-state index contributed by atoms with van der Waals surface area (Å²) < 4.78 is 0. The van der Waals surface area contributed by atoms with Gasteiger partial charge in [0.1, 0.15) is 5.82 Å². The number of aliphatic hydroxyl groups excluding tert-OH is 1. The predicted molar refractivity (Wildman–Crippen MR) is 64.9 cm³/mol. The Bertz CT molecular complexity index is 414. The van der Waals surface area contributed by atoms with Crippen molar-refractivity contribution in [2.45, 2.75) is 44.6 Å². The van der Waals surface area contributed by atoms with Crippen LogP contribution in [0.1, 0.15) is 49.5 Å². The van der Waals surface area contributed by atoms with Gasteiger partial charge in [0.05, 0.1) is 12.3 Å². The van der Waals surface area contributed by atoms with Gasteiger partial charge in [0.2, 0.25) is 0 Å². The lowest BCUT2D eigenvalue weighted by molar-refractivity contribution is -0.138. The number of carboxylic acid groups (broad SMARTS) is 1. The van der Waals surface area contributed by atoms with Crippen molar-refractivity contribution in [2.24, 2.45) is 5.92 Å². The van der Waals surface area contributed by atoms with Crippen molar-refractivity contribution in [3.05, 3.63) is 23.8 Å². The Morgan fingerprint density at radius 3 is 2.67 bits per heavy atom. The van der Waals surface area contributed by atoms with Crippen LogP contribution in [0.25, 0.3) is 0 Å². The molecule has 18 heavy (non-hydrogen) atoms. The van der Waals surface area contributed by atoms with E-state index < -0.39 is 5.97 Å². The molecule has 0 aromatic carbocycles. The summed E-state index contributed by atoms with van der Waals surface area (Å²) in [5, 5.41) is 17.8. The summed E-state index contributed by atoms with van der Waals surface area (Å²) in [5.74, 6) is 0.675. The van der Waals surface area contributed by atoms with Gasteiger partial charge in [-0.2, -0.15) is 0 Å². The fraction of sp³-hybridized carbons (Fsp3) is 0.615. The number of rotatable bonds is 4. The molecule has 2 N–H and O–H groups in total. The average Bonchev–Trinajstić information content (AvgIpc) is 2.39. The van der Waals surface area contributed by atoms with Crippen molar-refractivity contribution in [3.63, 3.8) is 0 Å². The minimum absolute atomic E-state index is 0.0656. The number of hydrogen-bond donors (Lipinski definition) is 2. The van der Waals surface area contributed by atoms with Crippen LogP contribution in [0.15, 0.2) is 12.3 Å². The Balaban J connectivity index is 1.94. The summed E-state index contributed by atoms with van der Waals surface area (Å²) >= 11 is 0. The maximum Gasteiger partial charge on any atom is 0.303 e. The van der Waals surface area contributed by atoms with Crippen LogP contribution in [0.5, 0.6) is 0 Å². The molecule has 1 aliphatic carbocycles. The highest BCUT2D eigenvalue weighted by Crippen LogP contribution is 2.35. The Hall–Kier alpha value is -1.49. The van der Waals surface area contributed by atoms with E-state index in [9.17, 15) is 4.79 Å². The molecular formula is C13H18N2O3. The van der Waals surface area contributed by atoms with Gasteiger partial charge < -0.3 is 10.2 Å². The molecule has 5 nitrogen and oxygen atoms in total. The summed E-state index contributed by atoms with van der Waals surface area (Å²) in [7, 11) is 0. The maximum atomic E-state index is 10.7. The third kappa shape index (κ3) is 3.26. The Kier molecular flexibility index (Phi) is 4.25. The first-order chi connectivity index (χ1) is 8.69. The highest BCUT2D eigenvalue weighted by Gasteiger charge is 2.25. The van der Waals surface area contributed by atoms with Gasteiger partial charge in [-0.15, -0.1) is 0 Å². The number of aliphatic hydroxyl groups is 1. The second kappa shape index (κ2) is 5.91. The topological polar surface area (TPSA) is 83.3 Å². The maximum absolute atomic E-state index is 10.7. The zero-order valence-electron chi connectivity index (χ0n) is 10.2. The molecular weight excluding hydrogens is 232 g/mol. The third-order valence-electron chi connectivity index (χ3n) is 3.57. The number of carboxylic acids is 1. The molecule has 0 bridgehead atoms. The second-order valence-electron chi connectivity index (χ2n) is 4.88. The predicted octanol–water partition coefficient (Wildman–Crippen LogP) is 1.72. The van der Waals surface area contributed by atoms with E-state index in [0.717, 1.165) is 31.5 Å². The van der Waals surface area contributed by atoms with Gasteiger partial charge in [-0.25, -0.2) is 9.97 Å². The van der Waals surface area contributed by atoms with Crippen LogP contribution in [-0.4, -0.2) is 26.2 Å².